The van der Waals surface area contributed by atoms with Gasteiger partial charge in [0.15, 0.2) is 0 Å². The van der Waals surface area contributed by atoms with Crippen molar-refractivity contribution in [2.75, 3.05) is 24.5 Å². The van der Waals surface area contributed by atoms with Gasteiger partial charge in [-0.2, -0.15) is 0 Å². The first-order valence-corrected chi connectivity index (χ1v) is 9.80. The summed E-state index contributed by atoms with van der Waals surface area (Å²) in [6.07, 6.45) is 0. The van der Waals surface area contributed by atoms with E-state index in [2.05, 4.69) is 39.6 Å². The van der Waals surface area contributed by atoms with E-state index < -0.39 is 17.2 Å². The SMILES string of the molecule is CCNC(=O)NC(=O)[C@@H](C)Sc1nnc(-c2ccc(N(CC)CC)cc2)o1. The normalized spacial score (nSPS) is 11.7. The van der Waals surface area contributed by atoms with E-state index in [0.29, 0.717) is 12.4 Å². The maximum absolute atomic E-state index is 12.0. The number of benzene rings is 1. The van der Waals surface area contributed by atoms with Gasteiger partial charge in [0.1, 0.15) is 0 Å². The molecule has 0 radical (unpaired) electrons. The first-order chi connectivity index (χ1) is 13.0. The highest BCUT2D eigenvalue weighted by Crippen LogP contribution is 2.27. The van der Waals surface area contributed by atoms with Gasteiger partial charge in [-0.15, -0.1) is 10.2 Å². The van der Waals surface area contributed by atoms with Gasteiger partial charge < -0.3 is 14.6 Å². The van der Waals surface area contributed by atoms with E-state index in [0.717, 1.165) is 36.1 Å². The lowest BCUT2D eigenvalue weighted by molar-refractivity contribution is -0.119. The molecule has 3 amide bonds. The van der Waals surface area contributed by atoms with Crippen LogP contribution in [0.25, 0.3) is 11.5 Å². The maximum Gasteiger partial charge on any atom is 0.321 e. The number of amides is 3. The van der Waals surface area contributed by atoms with Crippen molar-refractivity contribution in [1.29, 1.82) is 0 Å². The second-order valence-electron chi connectivity index (χ2n) is 5.70. The van der Waals surface area contributed by atoms with Crippen LogP contribution in [0.1, 0.15) is 27.7 Å². The third-order valence-electron chi connectivity index (χ3n) is 3.87. The number of urea groups is 1. The summed E-state index contributed by atoms with van der Waals surface area (Å²) < 4.78 is 5.64. The number of hydrogen-bond acceptors (Lipinski definition) is 7. The van der Waals surface area contributed by atoms with Crippen molar-refractivity contribution < 1.29 is 14.0 Å². The van der Waals surface area contributed by atoms with Crippen LogP contribution in [-0.4, -0.2) is 47.0 Å². The third-order valence-corrected chi connectivity index (χ3v) is 4.80. The molecular weight excluding hydrogens is 366 g/mol. The van der Waals surface area contributed by atoms with Gasteiger partial charge in [0, 0.05) is 30.9 Å². The molecule has 0 saturated carbocycles. The topological polar surface area (TPSA) is 100 Å². The van der Waals surface area contributed by atoms with Crippen molar-refractivity contribution in [2.24, 2.45) is 0 Å². The fourth-order valence-corrected chi connectivity index (χ4v) is 3.08. The second kappa shape index (κ2) is 9.96. The van der Waals surface area contributed by atoms with Crippen molar-refractivity contribution in [2.45, 2.75) is 38.2 Å². The zero-order chi connectivity index (χ0) is 19.8. The van der Waals surface area contributed by atoms with Crippen LogP contribution in [0.3, 0.4) is 0 Å². The molecule has 0 unspecified atom stereocenters. The molecule has 2 N–H and O–H groups in total. The number of aromatic nitrogens is 2. The monoisotopic (exact) mass is 391 g/mol. The number of imide groups is 1. The van der Waals surface area contributed by atoms with Crippen LogP contribution >= 0.6 is 11.8 Å². The van der Waals surface area contributed by atoms with Crippen LogP contribution in [0.5, 0.6) is 0 Å². The number of hydrogen-bond donors (Lipinski definition) is 2. The summed E-state index contributed by atoms with van der Waals surface area (Å²) in [5.74, 6) is -0.0331. The number of nitrogens with zero attached hydrogens (tertiary/aromatic N) is 3. The fourth-order valence-electron chi connectivity index (χ4n) is 2.40. The number of anilines is 1. The molecule has 0 aliphatic heterocycles. The van der Waals surface area contributed by atoms with Gasteiger partial charge in [-0.1, -0.05) is 11.8 Å². The Bertz CT molecular complexity index is 759. The summed E-state index contributed by atoms with van der Waals surface area (Å²) in [6, 6.07) is 7.38. The molecule has 8 nitrogen and oxygen atoms in total. The molecule has 0 fully saturated rings. The van der Waals surface area contributed by atoms with Crippen LogP contribution in [0, 0.1) is 0 Å². The summed E-state index contributed by atoms with van der Waals surface area (Å²) in [6.45, 7) is 9.99. The summed E-state index contributed by atoms with van der Waals surface area (Å²) in [7, 11) is 0. The van der Waals surface area contributed by atoms with Crippen LogP contribution in [0.2, 0.25) is 0 Å². The van der Waals surface area contributed by atoms with Crippen LogP contribution in [0.15, 0.2) is 33.9 Å². The van der Waals surface area contributed by atoms with Crippen molar-refractivity contribution in [3.63, 3.8) is 0 Å². The number of carbonyl (C=O) groups excluding carboxylic acids is 2. The molecule has 2 aromatic rings. The molecule has 0 saturated heterocycles. The first-order valence-electron chi connectivity index (χ1n) is 8.92. The summed E-state index contributed by atoms with van der Waals surface area (Å²) in [4.78, 5) is 25.6. The standard InChI is InChI=1S/C18H25N5O3S/c1-5-19-17(25)20-15(24)12(4)27-18-22-21-16(26-18)13-8-10-14(11-9-13)23(6-2)7-3/h8-12H,5-7H2,1-4H3,(H2,19,20,24,25)/t12-/m1/s1. The molecule has 1 aromatic carbocycles. The Labute approximate surface area is 163 Å². The van der Waals surface area contributed by atoms with Gasteiger partial charge in [-0.25, -0.2) is 4.79 Å². The molecule has 0 aliphatic rings. The van der Waals surface area contributed by atoms with E-state index in [-0.39, 0.29) is 5.22 Å². The van der Waals surface area contributed by atoms with Crippen molar-refractivity contribution >= 4 is 29.4 Å². The maximum atomic E-state index is 12.0. The Kier molecular flexibility index (Phi) is 7.66. The van der Waals surface area contributed by atoms with Crippen molar-refractivity contribution in [3.8, 4) is 11.5 Å². The van der Waals surface area contributed by atoms with Crippen LogP contribution in [0.4, 0.5) is 10.5 Å². The Balaban J connectivity index is 1.99. The van der Waals surface area contributed by atoms with Crippen molar-refractivity contribution in [1.82, 2.24) is 20.8 Å². The van der Waals surface area contributed by atoms with E-state index >= 15 is 0 Å². The van der Waals surface area contributed by atoms with E-state index in [1.807, 2.05) is 24.3 Å². The van der Waals surface area contributed by atoms with E-state index in [9.17, 15) is 9.59 Å². The number of nitrogens with one attached hydrogen (secondary N) is 2. The number of rotatable bonds is 8. The molecule has 0 aliphatic carbocycles. The molecule has 0 bridgehead atoms. The quantitative estimate of drug-likeness (QED) is 0.667. The second-order valence-corrected chi connectivity index (χ2v) is 6.99. The molecule has 0 spiro atoms. The van der Waals surface area contributed by atoms with Gasteiger partial charge in [-0.3, -0.25) is 10.1 Å². The minimum Gasteiger partial charge on any atom is -0.411 e. The van der Waals surface area contributed by atoms with E-state index in [1.165, 1.54) is 0 Å². The average Bonchev–Trinajstić information content (AvgIpc) is 3.12. The Morgan fingerprint density at radius 2 is 1.81 bits per heavy atom. The average molecular weight is 391 g/mol. The van der Waals surface area contributed by atoms with Gasteiger partial charge in [0.25, 0.3) is 5.22 Å². The third kappa shape index (κ3) is 5.72. The highest BCUT2D eigenvalue weighted by Gasteiger charge is 2.20. The number of thioether (sulfide) groups is 1. The van der Waals surface area contributed by atoms with E-state index in [4.69, 9.17) is 4.42 Å². The zero-order valence-corrected chi connectivity index (χ0v) is 16.8. The zero-order valence-electron chi connectivity index (χ0n) is 16.0. The van der Waals surface area contributed by atoms with Crippen molar-refractivity contribution in [3.05, 3.63) is 24.3 Å². The number of carbonyl (C=O) groups is 2. The Hall–Kier alpha value is -2.55. The lowest BCUT2D eigenvalue weighted by Gasteiger charge is -2.20. The molecule has 146 valence electrons. The molecular formula is C18H25N5O3S. The van der Waals surface area contributed by atoms with Crippen LogP contribution in [-0.2, 0) is 4.79 Å². The Morgan fingerprint density at radius 1 is 1.15 bits per heavy atom. The van der Waals surface area contributed by atoms with Crippen LogP contribution < -0.4 is 15.5 Å². The van der Waals surface area contributed by atoms with Gasteiger partial charge in [0.2, 0.25) is 11.8 Å². The highest BCUT2D eigenvalue weighted by molar-refractivity contribution is 8.00. The minimum atomic E-state index is -0.550. The summed E-state index contributed by atoms with van der Waals surface area (Å²) in [5.41, 5.74) is 1.94. The molecule has 1 heterocycles. The Morgan fingerprint density at radius 3 is 2.41 bits per heavy atom. The lowest BCUT2D eigenvalue weighted by Crippen LogP contribution is -2.42. The minimum absolute atomic E-state index is 0.274. The first kappa shape index (κ1) is 20.8. The summed E-state index contributed by atoms with van der Waals surface area (Å²) in [5, 5.41) is 12.5. The molecule has 1 atom stereocenters. The molecule has 27 heavy (non-hydrogen) atoms. The lowest BCUT2D eigenvalue weighted by atomic mass is 10.2. The predicted octanol–water partition coefficient (Wildman–Crippen LogP) is 2.91. The highest BCUT2D eigenvalue weighted by atomic mass is 32.2. The van der Waals surface area contributed by atoms with Gasteiger partial charge in [-0.05, 0) is 52.0 Å². The molecule has 1 aromatic heterocycles. The van der Waals surface area contributed by atoms with Gasteiger partial charge >= 0.3 is 6.03 Å². The fraction of sp³-hybridized carbons (Fsp3) is 0.444. The summed E-state index contributed by atoms with van der Waals surface area (Å²) >= 11 is 1.10. The molecule has 9 heteroatoms. The molecule has 2 rings (SSSR count). The predicted molar refractivity (Wildman–Crippen MR) is 106 cm³/mol. The van der Waals surface area contributed by atoms with Gasteiger partial charge in [0.05, 0.1) is 5.25 Å². The van der Waals surface area contributed by atoms with E-state index in [1.54, 1.807) is 13.8 Å². The largest absolute Gasteiger partial charge is 0.411 e. The smallest absolute Gasteiger partial charge is 0.321 e.